The monoisotopic (exact) mass is 491 g/mol. The molecule has 1 aromatic carbocycles. The number of hydrogen-bond acceptors (Lipinski definition) is 6. The van der Waals surface area contributed by atoms with E-state index in [9.17, 15) is 9.90 Å². The van der Waals surface area contributed by atoms with Crippen molar-refractivity contribution in [1.29, 1.82) is 0 Å². The summed E-state index contributed by atoms with van der Waals surface area (Å²) in [5.74, 6) is 0.132. The first-order chi connectivity index (χ1) is 16.3. The lowest BCUT2D eigenvalue weighted by atomic mass is 9.96. The zero-order valence-electron chi connectivity index (χ0n) is 19.7. The predicted octanol–water partition coefficient (Wildman–Crippen LogP) is 4.87. The van der Waals surface area contributed by atoms with Crippen LogP contribution in [0.2, 0.25) is 5.02 Å². The number of carboxylic acid groups (broad SMARTS) is 1. The lowest BCUT2D eigenvalue weighted by molar-refractivity contribution is -0.137. The number of piperidine rings is 1. The minimum atomic E-state index is -0.865. The largest absolute Gasteiger partial charge is 0.490 e. The fraction of sp³-hybridized carbons (Fsp3) is 0.520. The van der Waals surface area contributed by atoms with Gasteiger partial charge >= 0.3 is 5.97 Å². The number of ether oxygens (including phenoxy) is 2. The average molecular weight is 492 g/mol. The van der Waals surface area contributed by atoms with Crippen LogP contribution < -0.4 is 19.3 Å². The standard InChI is InChI=1S/C25H31ClFN3O4/c1-15-6-9-30(21(15)12-25(31)32)20-5-4-17(10-19(20)27)34-23-7-8-29(14-16(23)2)22-11-24(33-3)28-13-18(22)26/h4-5,10-11,13,15-16,21,23H,6-9,12,14H2,1-3H3,(H,31,32)/t15-,16?,21-,23?/m1/s1. The Morgan fingerprint density at radius 1 is 1.21 bits per heavy atom. The summed E-state index contributed by atoms with van der Waals surface area (Å²) in [6.45, 7) is 6.25. The molecule has 1 aromatic heterocycles. The lowest BCUT2D eigenvalue weighted by Gasteiger charge is -2.38. The molecule has 0 spiro atoms. The molecule has 0 aliphatic carbocycles. The summed E-state index contributed by atoms with van der Waals surface area (Å²) in [6, 6.07) is 6.53. The van der Waals surface area contributed by atoms with Crippen LogP contribution in [0.4, 0.5) is 15.8 Å². The van der Waals surface area contributed by atoms with Crippen molar-refractivity contribution in [2.75, 3.05) is 36.5 Å². The second-order valence-corrected chi connectivity index (χ2v) is 9.69. The molecule has 0 bridgehead atoms. The van der Waals surface area contributed by atoms with E-state index in [1.165, 1.54) is 6.07 Å². The molecular weight excluding hydrogens is 461 g/mol. The molecule has 2 fully saturated rings. The van der Waals surface area contributed by atoms with Crippen molar-refractivity contribution in [1.82, 2.24) is 4.98 Å². The van der Waals surface area contributed by atoms with Crippen LogP contribution in [0.15, 0.2) is 30.5 Å². The molecule has 4 atom stereocenters. The van der Waals surface area contributed by atoms with E-state index in [2.05, 4.69) is 16.8 Å². The number of anilines is 2. The van der Waals surface area contributed by atoms with Crippen molar-refractivity contribution >= 4 is 28.9 Å². The van der Waals surface area contributed by atoms with Crippen molar-refractivity contribution in [2.24, 2.45) is 11.8 Å². The van der Waals surface area contributed by atoms with Crippen LogP contribution in [0.5, 0.6) is 11.6 Å². The molecule has 2 aromatic rings. The SMILES string of the molecule is COc1cc(N2CCC(Oc3ccc(N4CC[C@@H](C)[C@H]4CC(=O)O)c(F)c3)C(C)C2)c(Cl)cn1. The topological polar surface area (TPSA) is 75.1 Å². The number of hydrogen-bond donors (Lipinski definition) is 1. The maximum atomic E-state index is 15.1. The molecule has 34 heavy (non-hydrogen) atoms. The Hall–Kier alpha value is -2.74. The Morgan fingerprint density at radius 2 is 2.00 bits per heavy atom. The second kappa shape index (κ2) is 10.3. The number of methoxy groups -OCH3 is 1. The van der Waals surface area contributed by atoms with E-state index >= 15 is 4.39 Å². The molecule has 184 valence electrons. The highest BCUT2D eigenvalue weighted by atomic mass is 35.5. The first-order valence-corrected chi connectivity index (χ1v) is 12.0. The van der Waals surface area contributed by atoms with Gasteiger partial charge in [-0.3, -0.25) is 4.79 Å². The molecule has 1 N–H and O–H groups in total. The molecule has 2 aliphatic heterocycles. The molecule has 0 saturated carbocycles. The Morgan fingerprint density at radius 3 is 2.68 bits per heavy atom. The smallest absolute Gasteiger partial charge is 0.305 e. The molecular formula is C25H31ClFN3O4. The van der Waals surface area contributed by atoms with Crippen molar-refractivity contribution in [3.8, 4) is 11.6 Å². The number of carbonyl (C=O) groups is 1. The van der Waals surface area contributed by atoms with E-state index in [-0.39, 0.29) is 36.2 Å². The summed E-state index contributed by atoms with van der Waals surface area (Å²) < 4.78 is 26.5. The summed E-state index contributed by atoms with van der Waals surface area (Å²) in [4.78, 5) is 19.5. The van der Waals surface area contributed by atoms with Gasteiger partial charge < -0.3 is 24.4 Å². The van der Waals surface area contributed by atoms with Gasteiger partial charge in [-0.25, -0.2) is 9.37 Å². The maximum absolute atomic E-state index is 15.1. The number of aliphatic carboxylic acids is 1. The van der Waals surface area contributed by atoms with Crippen molar-refractivity contribution in [3.05, 3.63) is 41.3 Å². The molecule has 0 amide bonds. The van der Waals surface area contributed by atoms with E-state index in [0.717, 1.165) is 31.6 Å². The molecule has 4 rings (SSSR count). The van der Waals surface area contributed by atoms with Gasteiger partial charge in [0.1, 0.15) is 17.7 Å². The van der Waals surface area contributed by atoms with Gasteiger partial charge in [-0.15, -0.1) is 0 Å². The molecule has 0 radical (unpaired) electrons. The number of aromatic nitrogens is 1. The number of halogens is 2. The Balaban J connectivity index is 1.42. The summed E-state index contributed by atoms with van der Waals surface area (Å²) in [6.07, 6.45) is 3.14. The molecule has 7 nitrogen and oxygen atoms in total. The Bertz CT molecular complexity index is 1040. The van der Waals surface area contributed by atoms with Gasteiger partial charge in [-0.05, 0) is 24.5 Å². The zero-order chi connectivity index (χ0) is 24.4. The van der Waals surface area contributed by atoms with Gasteiger partial charge in [-0.2, -0.15) is 0 Å². The number of nitrogens with zero attached hydrogens (tertiary/aromatic N) is 3. The van der Waals surface area contributed by atoms with Crippen LogP contribution in [0.1, 0.15) is 33.1 Å². The van der Waals surface area contributed by atoms with Gasteiger partial charge in [-0.1, -0.05) is 25.4 Å². The highest BCUT2D eigenvalue weighted by Crippen LogP contribution is 2.36. The first kappa shape index (κ1) is 24.4. The van der Waals surface area contributed by atoms with E-state index in [1.54, 1.807) is 25.4 Å². The predicted molar refractivity (Wildman–Crippen MR) is 130 cm³/mol. The van der Waals surface area contributed by atoms with E-state index in [4.69, 9.17) is 21.1 Å². The third kappa shape index (κ3) is 5.17. The fourth-order valence-corrected chi connectivity index (χ4v) is 5.27. The normalized spacial score (nSPS) is 24.9. The van der Waals surface area contributed by atoms with Crippen LogP contribution in [-0.2, 0) is 4.79 Å². The molecule has 2 unspecified atom stereocenters. The summed E-state index contributed by atoms with van der Waals surface area (Å²) in [7, 11) is 1.57. The zero-order valence-corrected chi connectivity index (χ0v) is 20.5. The molecule has 3 heterocycles. The fourth-order valence-electron chi connectivity index (χ4n) is 5.05. The van der Waals surface area contributed by atoms with Crippen molar-refractivity contribution < 1.29 is 23.8 Å². The third-order valence-corrected chi connectivity index (χ3v) is 7.26. The van der Waals surface area contributed by atoms with Gasteiger partial charge in [0.15, 0.2) is 0 Å². The van der Waals surface area contributed by atoms with Gasteiger partial charge in [0.25, 0.3) is 0 Å². The van der Waals surface area contributed by atoms with Gasteiger partial charge in [0.05, 0.1) is 36.1 Å². The van der Waals surface area contributed by atoms with Crippen LogP contribution >= 0.6 is 11.6 Å². The Kier molecular flexibility index (Phi) is 7.36. The number of rotatable bonds is 7. The summed E-state index contributed by atoms with van der Waals surface area (Å²) in [5.41, 5.74) is 1.32. The van der Waals surface area contributed by atoms with Gasteiger partial charge in [0, 0.05) is 50.1 Å². The minimum absolute atomic E-state index is 0.00230. The number of benzene rings is 1. The van der Waals surface area contributed by atoms with E-state index < -0.39 is 5.97 Å². The third-order valence-electron chi connectivity index (χ3n) is 6.97. The van der Waals surface area contributed by atoms with E-state index in [1.807, 2.05) is 17.9 Å². The van der Waals surface area contributed by atoms with Gasteiger partial charge in [0.2, 0.25) is 5.88 Å². The second-order valence-electron chi connectivity index (χ2n) is 9.28. The van der Waals surface area contributed by atoms with Crippen LogP contribution in [0.3, 0.4) is 0 Å². The van der Waals surface area contributed by atoms with Crippen molar-refractivity contribution in [2.45, 2.75) is 45.3 Å². The average Bonchev–Trinajstić information content (AvgIpc) is 3.15. The lowest BCUT2D eigenvalue weighted by Crippen LogP contribution is -2.44. The molecule has 2 aliphatic rings. The summed E-state index contributed by atoms with van der Waals surface area (Å²) >= 11 is 6.36. The maximum Gasteiger partial charge on any atom is 0.305 e. The molecule has 9 heteroatoms. The van der Waals surface area contributed by atoms with Crippen LogP contribution in [-0.4, -0.2) is 54.9 Å². The first-order valence-electron chi connectivity index (χ1n) is 11.7. The van der Waals surface area contributed by atoms with Crippen LogP contribution in [0, 0.1) is 17.7 Å². The quantitative estimate of drug-likeness (QED) is 0.592. The number of carboxylic acids is 1. The highest BCUT2D eigenvalue weighted by Gasteiger charge is 2.34. The number of pyridine rings is 1. The Labute approximate surface area is 204 Å². The highest BCUT2D eigenvalue weighted by molar-refractivity contribution is 6.33. The van der Waals surface area contributed by atoms with Crippen LogP contribution in [0.25, 0.3) is 0 Å². The van der Waals surface area contributed by atoms with E-state index in [0.29, 0.717) is 28.9 Å². The van der Waals surface area contributed by atoms with Crippen molar-refractivity contribution in [3.63, 3.8) is 0 Å². The molecule has 2 saturated heterocycles. The summed E-state index contributed by atoms with van der Waals surface area (Å²) in [5, 5.41) is 9.82. The minimum Gasteiger partial charge on any atom is -0.490 e.